The van der Waals surface area contributed by atoms with E-state index in [0.717, 1.165) is 71.1 Å². The molecule has 0 aliphatic carbocycles. The van der Waals surface area contributed by atoms with Crippen molar-refractivity contribution in [2.75, 3.05) is 57.5 Å². The van der Waals surface area contributed by atoms with Gasteiger partial charge in [-0.25, -0.2) is 19.7 Å². The number of pyridine rings is 2. The Morgan fingerprint density at radius 2 is 1.78 bits per heavy atom. The predicted molar refractivity (Wildman–Crippen MR) is 150 cm³/mol. The smallest absolute Gasteiger partial charge is 0.319 e. The van der Waals surface area contributed by atoms with Crippen LogP contribution in [0.4, 0.5) is 27.2 Å². The number of amides is 2. The summed E-state index contributed by atoms with van der Waals surface area (Å²) >= 11 is 7.52. The third-order valence-corrected chi connectivity index (χ3v) is 7.42. The number of thiazole rings is 1. The Bertz CT molecular complexity index is 1390. The van der Waals surface area contributed by atoms with E-state index >= 15 is 0 Å². The highest BCUT2D eigenvalue weighted by Gasteiger charge is 2.22. The van der Waals surface area contributed by atoms with E-state index in [1.165, 1.54) is 11.3 Å². The van der Waals surface area contributed by atoms with Crippen LogP contribution in [0.1, 0.15) is 5.56 Å². The summed E-state index contributed by atoms with van der Waals surface area (Å²) in [5.74, 6) is 1.58. The monoisotopic (exact) mass is 536 g/mol. The van der Waals surface area contributed by atoms with Gasteiger partial charge in [-0.1, -0.05) is 22.9 Å². The largest absolute Gasteiger partial charge is 0.331 e. The minimum atomic E-state index is 0.0733. The lowest BCUT2D eigenvalue weighted by Crippen LogP contribution is -2.51. The average molecular weight is 537 g/mol. The first kappa shape index (κ1) is 25.2. The number of nitrogens with one attached hydrogen (secondary N) is 1. The van der Waals surface area contributed by atoms with Gasteiger partial charge in [-0.3, -0.25) is 4.90 Å². The summed E-state index contributed by atoms with van der Waals surface area (Å²) in [4.78, 5) is 34.9. The predicted octanol–water partition coefficient (Wildman–Crippen LogP) is 5.05. The van der Waals surface area contributed by atoms with Gasteiger partial charge in [0.2, 0.25) is 0 Å². The fourth-order valence-electron chi connectivity index (χ4n) is 4.23. The van der Waals surface area contributed by atoms with Gasteiger partial charge in [0, 0.05) is 70.8 Å². The normalized spacial score (nSPS) is 14.1. The van der Waals surface area contributed by atoms with E-state index < -0.39 is 0 Å². The van der Waals surface area contributed by atoms with Crippen LogP contribution in [0.2, 0.25) is 5.02 Å². The molecule has 1 aromatic carbocycles. The maximum absolute atomic E-state index is 12.2. The quantitative estimate of drug-likeness (QED) is 0.369. The third kappa shape index (κ3) is 5.93. The Labute approximate surface area is 225 Å². The van der Waals surface area contributed by atoms with Crippen molar-refractivity contribution < 1.29 is 4.79 Å². The van der Waals surface area contributed by atoms with Crippen molar-refractivity contribution >= 4 is 61.8 Å². The Morgan fingerprint density at radius 3 is 2.51 bits per heavy atom. The molecule has 1 N–H and O–H groups in total. The van der Waals surface area contributed by atoms with E-state index in [-0.39, 0.29) is 6.03 Å². The average Bonchev–Trinajstić information content (AvgIpc) is 3.30. The molecule has 0 atom stereocenters. The van der Waals surface area contributed by atoms with E-state index in [0.29, 0.717) is 5.02 Å². The first-order valence-corrected chi connectivity index (χ1v) is 13.2. The lowest BCUT2D eigenvalue weighted by atomic mass is 10.2. The molecule has 4 heterocycles. The first-order valence-electron chi connectivity index (χ1n) is 12.0. The van der Waals surface area contributed by atoms with Crippen molar-refractivity contribution in [3.8, 4) is 0 Å². The van der Waals surface area contributed by atoms with Crippen LogP contribution in [0.5, 0.6) is 0 Å². The molecule has 1 aliphatic heterocycles. The number of piperazine rings is 1. The van der Waals surface area contributed by atoms with E-state index in [1.807, 2.05) is 65.5 Å². The number of nitrogens with zero attached hydrogens (tertiary/aromatic N) is 7. The lowest BCUT2D eigenvalue weighted by molar-refractivity contribution is 0.120. The van der Waals surface area contributed by atoms with Crippen molar-refractivity contribution in [1.82, 2.24) is 29.7 Å². The summed E-state index contributed by atoms with van der Waals surface area (Å²) < 4.78 is 0. The number of hydrogen-bond acceptors (Lipinski definition) is 8. The Hall–Kier alpha value is -3.47. The summed E-state index contributed by atoms with van der Waals surface area (Å²) in [6.07, 6.45) is 1.81. The number of carbonyl (C=O) groups is 1. The molecular weight excluding hydrogens is 508 g/mol. The van der Waals surface area contributed by atoms with Gasteiger partial charge < -0.3 is 20.0 Å². The zero-order chi connectivity index (χ0) is 25.9. The van der Waals surface area contributed by atoms with Gasteiger partial charge in [0.15, 0.2) is 5.13 Å². The molecule has 1 saturated heterocycles. The molecule has 9 nitrogen and oxygen atoms in total. The highest BCUT2D eigenvalue weighted by molar-refractivity contribution is 7.21. The summed E-state index contributed by atoms with van der Waals surface area (Å²) in [5, 5.41) is 4.79. The van der Waals surface area contributed by atoms with Crippen molar-refractivity contribution in [2.24, 2.45) is 0 Å². The number of aromatic nitrogens is 3. The van der Waals surface area contributed by atoms with Gasteiger partial charge >= 0.3 is 6.03 Å². The van der Waals surface area contributed by atoms with Gasteiger partial charge in [-0.15, -0.1) is 0 Å². The minimum Gasteiger partial charge on any atom is -0.331 e. The molecule has 0 saturated carbocycles. The number of benzene rings is 1. The van der Waals surface area contributed by atoms with Gasteiger partial charge in [-0.2, -0.15) is 0 Å². The molecule has 3 aromatic heterocycles. The van der Waals surface area contributed by atoms with Gasteiger partial charge in [0.05, 0.1) is 0 Å². The van der Waals surface area contributed by atoms with E-state index in [4.69, 9.17) is 21.6 Å². The third-order valence-electron chi connectivity index (χ3n) is 6.29. The fourth-order valence-corrected chi connectivity index (χ4v) is 5.20. The molecule has 37 heavy (non-hydrogen) atoms. The van der Waals surface area contributed by atoms with Crippen LogP contribution in [0, 0.1) is 0 Å². The van der Waals surface area contributed by atoms with Crippen molar-refractivity contribution in [3.63, 3.8) is 0 Å². The zero-order valence-corrected chi connectivity index (χ0v) is 22.6. The van der Waals surface area contributed by atoms with Crippen LogP contribution < -0.4 is 10.2 Å². The highest BCUT2D eigenvalue weighted by atomic mass is 35.5. The number of anilines is 4. The summed E-state index contributed by atoms with van der Waals surface area (Å²) in [7, 11) is 5.56. The lowest BCUT2D eigenvalue weighted by Gasteiger charge is -2.35. The standard InChI is InChI=1S/C26H29ClN8OS/c1-32(2)26(36)35-14-12-34(13-15-35)17-18-10-11-28-22(16-18)30-25-29-21-8-9-23(31-24(21)37-25)33(3)20-6-4-19(27)5-7-20/h4-11,16H,12-15,17H2,1-3H3,(H,28,29,30). The maximum Gasteiger partial charge on any atom is 0.319 e. The number of halogens is 1. The fraction of sp³-hybridized carbons (Fsp3) is 0.308. The van der Waals surface area contributed by atoms with E-state index in [9.17, 15) is 4.79 Å². The molecule has 1 aliphatic rings. The van der Waals surface area contributed by atoms with Crippen LogP contribution in [-0.2, 0) is 6.54 Å². The molecule has 0 unspecified atom stereocenters. The topological polar surface area (TPSA) is 80.7 Å². The van der Waals surface area contributed by atoms with Crippen LogP contribution in [0.15, 0.2) is 54.7 Å². The van der Waals surface area contributed by atoms with Gasteiger partial charge in [-0.05, 0) is 54.1 Å². The second-order valence-electron chi connectivity index (χ2n) is 9.16. The number of hydrogen-bond donors (Lipinski definition) is 1. The van der Waals surface area contributed by atoms with Gasteiger partial charge in [0.25, 0.3) is 0 Å². The molecule has 1 fully saturated rings. The first-order chi connectivity index (χ1) is 17.9. The van der Waals surface area contributed by atoms with Crippen LogP contribution in [-0.4, -0.2) is 83.0 Å². The van der Waals surface area contributed by atoms with Crippen LogP contribution in [0.3, 0.4) is 0 Å². The molecule has 11 heteroatoms. The van der Waals surface area contributed by atoms with Crippen molar-refractivity contribution in [2.45, 2.75) is 6.54 Å². The summed E-state index contributed by atoms with van der Waals surface area (Å²) in [5.41, 5.74) is 3.00. The van der Waals surface area contributed by atoms with Crippen molar-refractivity contribution in [1.29, 1.82) is 0 Å². The summed E-state index contributed by atoms with van der Waals surface area (Å²) in [6, 6.07) is 15.8. The minimum absolute atomic E-state index is 0.0733. The summed E-state index contributed by atoms with van der Waals surface area (Å²) in [6.45, 7) is 3.98. The molecule has 2 amide bonds. The Kier molecular flexibility index (Phi) is 7.40. The highest BCUT2D eigenvalue weighted by Crippen LogP contribution is 2.30. The Morgan fingerprint density at radius 1 is 1.03 bits per heavy atom. The van der Waals surface area contributed by atoms with Crippen LogP contribution in [0.25, 0.3) is 10.3 Å². The number of urea groups is 1. The van der Waals surface area contributed by atoms with E-state index in [2.05, 4.69) is 21.3 Å². The number of fused-ring (bicyclic) bond motifs is 1. The molecule has 0 bridgehead atoms. The van der Waals surface area contributed by atoms with Crippen molar-refractivity contribution in [3.05, 3.63) is 65.3 Å². The molecular formula is C26H29ClN8OS. The Balaban J connectivity index is 1.23. The molecule has 0 radical (unpaired) electrons. The van der Waals surface area contributed by atoms with Crippen LogP contribution >= 0.6 is 22.9 Å². The number of rotatable bonds is 6. The molecule has 0 spiro atoms. The molecule has 4 aromatic rings. The maximum atomic E-state index is 12.2. The molecule has 192 valence electrons. The molecule has 5 rings (SSSR count). The zero-order valence-electron chi connectivity index (χ0n) is 21.1. The van der Waals surface area contributed by atoms with Gasteiger partial charge in [0.1, 0.15) is 22.0 Å². The second kappa shape index (κ2) is 10.9. The SMILES string of the molecule is CN(C)C(=O)N1CCN(Cc2ccnc(Nc3nc4ccc(N(C)c5ccc(Cl)cc5)nc4s3)c2)CC1. The number of carbonyl (C=O) groups excluding carboxylic acids is 1. The van der Waals surface area contributed by atoms with E-state index in [1.54, 1.807) is 19.0 Å². The second-order valence-corrected chi connectivity index (χ2v) is 10.6.